The zero-order valence-electron chi connectivity index (χ0n) is 9.90. The van der Waals surface area contributed by atoms with E-state index in [-0.39, 0.29) is 0 Å². The molecule has 0 unspecified atom stereocenters. The highest BCUT2D eigenvalue weighted by Crippen LogP contribution is 2.36. The Morgan fingerprint density at radius 3 is 1.59 bits per heavy atom. The fourth-order valence-corrected chi connectivity index (χ4v) is 2.00. The van der Waals surface area contributed by atoms with Crippen molar-refractivity contribution in [3.8, 4) is 11.1 Å². The van der Waals surface area contributed by atoms with Gasteiger partial charge in [0.2, 0.25) is 0 Å². The van der Waals surface area contributed by atoms with Crippen molar-refractivity contribution in [3.05, 3.63) is 77.9 Å². The van der Waals surface area contributed by atoms with E-state index < -0.39 is 0 Å². The van der Waals surface area contributed by atoms with Gasteiger partial charge in [0.15, 0.2) is 0 Å². The van der Waals surface area contributed by atoms with Crippen LogP contribution < -0.4 is 0 Å². The SMILES string of the molecule is C=C1C=C1c1ccc(-c2ccc(C)cc2)cc1. The highest BCUT2D eigenvalue weighted by Gasteiger charge is 2.14. The zero-order chi connectivity index (χ0) is 11.8. The number of allylic oxidation sites excluding steroid dienone is 3. The maximum absolute atomic E-state index is 3.92. The third-order valence-electron chi connectivity index (χ3n) is 3.16. The van der Waals surface area contributed by atoms with Crippen molar-refractivity contribution in [3.63, 3.8) is 0 Å². The molecule has 0 radical (unpaired) electrons. The van der Waals surface area contributed by atoms with E-state index in [1.807, 2.05) is 0 Å². The Morgan fingerprint density at radius 2 is 1.12 bits per heavy atom. The summed E-state index contributed by atoms with van der Waals surface area (Å²) in [4.78, 5) is 0. The van der Waals surface area contributed by atoms with Gasteiger partial charge in [0.05, 0.1) is 0 Å². The summed E-state index contributed by atoms with van der Waals surface area (Å²) in [6.45, 7) is 6.03. The molecule has 0 amide bonds. The largest absolute Gasteiger partial charge is 0.0911 e. The summed E-state index contributed by atoms with van der Waals surface area (Å²) in [5.74, 6) is 0. The normalized spacial score (nSPS) is 13.5. The zero-order valence-corrected chi connectivity index (χ0v) is 9.90. The molecule has 3 rings (SSSR count). The number of hydrogen-bond acceptors (Lipinski definition) is 0. The van der Waals surface area contributed by atoms with Crippen LogP contribution in [0.25, 0.3) is 16.7 Å². The van der Waals surface area contributed by atoms with Gasteiger partial charge >= 0.3 is 0 Å². The highest BCUT2D eigenvalue weighted by atomic mass is 14.2. The predicted octanol–water partition coefficient (Wildman–Crippen LogP) is 4.62. The molecular formula is C17H14. The first-order chi connectivity index (χ1) is 8.24. The summed E-state index contributed by atoms with van der Waals surface area (Å²) >= 11 is 0. The molecule has 0 atom stereocenters. The van der Waals surface area contributed by atoms with Gasteiger partial charge in [-0.1, -0.05) is 60.7 Å². The Hall–Kier alpha value is -2.08. The molecule has 2 aromatic rings. The van der Waals surface area contributed by atoms with E-state index in [2.05, 4.69) is 68.1 Å². The molecule has 17 heavy (non-hydrogen) atoms. The molecule has 0 heterocycles. The van der Waals surface area contributed by atoms with Crippen LogP contribution in [0.3, 0.4) is 0 Å². The third-order valence-corrected chi connectivity index (χ3v) is 3.16. The predicted molar refractivity (Wildman–Crippen MR) is 73.7 cm³/mol. The standard InChI is InChI=1S/C17H14/c1-12-3-5-14(6-4-12)15-7-9-16(10-8-15)17-11-13(17)2/h3-11H,2H2,1H3. The molecule has 0 bridgehead atoms. The van der Waals surface area contributed by atoms with Gasteiger partial charge in [-0.15, -0.1) is 0 Å². The Kier molecular flexibility index (Phi) is 2.22. The maximum Gasteiger partial charge on any atom is -0.0111 e. The van der Waals surface area contributed by atoms with E-state index in [1.54, 1.807) is 0 Å². The van der Waals surface area contributed by atoms with E-state index in [0.29, 0.717) is 0 Å². The van der Waals surface area contributed by atoms with E-state index in [0.717, 1.165) is 5.57 Å². The van der Waals surface area contributed by atoms with Gasteiger partial charge < -0.3 is 0 Å². The van der Waals surface area contributed by atoms with Crippen LogP contribution in [-0.2, 0) is 0 Å². The Labute approximate surface area is 102 Å². The minimum atomic E-state index is 1.16. The number of hydrogen-bond donors (Lipinski definition) is 0. The molecule has 0 nitrogen and oxygen atoms in total. The molecule has 1 aliphatic carbocycles. The van der Waals surface area contributed by atoms with Gasteiger partial charge in [-0.2, -0.15) is 0 Å². The van der Waals surface area contributed by atoms with Crippen LogP contribution >= 0.6 is 0 Å². The lowest BCUT2D eigenvalue weighted by atomic mass is 10.0. The second-order valence-corrected chi connectivity index (χ2v) is 4.53. The second-order valence-electron chi connectivity index (χ2n) is 4.53. The van der Waals surface area contributed by atoms with E-state index in [1.165, 1.54) is 27.8 Å². The van der Waals surface area contributed by atoms with Crippen molar-refractivity contribution in [1.29, 1.82) is 0 Å². The fraction of sp³-hybridized carbons (Fsp3) is 0.0588. The van der Waals surface area contributed by atoms with Crippen LogP contribution in [0.4, 0.5) is 0 Å². The van der Waals surface area contributed by atoms with Crippen molar-refractivity contribution < 1.29 is 0 Å². The summed E-state index contributed by atoms with van der Waals surface area (Å²) in [6, 6.07) is 17.3. The van der Waals surface area contributed by atoms with Crippen molar-refractivity contribution in [1.82, 2.24) is 0 Å². The molecular weight excluding hydrogens is 204 g/mol. The van der Waals surface area contributed by atoms with Crippen LogP contribution in [0, 0.1) is 6.92 Å². The molecule has 0 spiro atoms. The maximum atomic E-state index is 3.92. The van der Waals surface area contributed by atoms with Crippen LogP contribution in [0.15, 0.2) is 66.8 Å². The van der Waals surface area contributed by atoms with Gasteiger partial charge in [-0.05, 0) is 40.8 Å². The molecule has 0 saturated heterocycles. The first-order valence-electron chi connectivity index (χ1n) is 5.82. The quantitative estimate of drug-likeness (QED) is 0.690. The summed E-state index contributed by atoms with van der Waals surface area (Å²) in [6.07, 6.45) is 2.11. The van der Waals surface area contributed by atoms with Crippen molar-refractivity contribution >= 4 is 5.57 Å². The van der Waals surface area contributed by atoms with Crippen molar-refractivity contribution in [2.75, 3.05) is 0 Å². The van der Waals surface area contributed by atoms with Crippen molar-refractivity contribution in [2.45, 2.75) is 6.92 Å². The van der Waals surface area contributed by atoms with Gasteiger partial charge in [-0.3, -0.25) is 0 Å². The number of rotatable bonds is 2. The topological polar surface area (TPSA) is 0 Å². The summed E-state index contributed by atoms with van der Waals surface area (Å²) in [5.41, 5.74) is 7.55. The lowest BCUT2D eigenvalue weighted by Gasteiger charge is -2.03. The van der Waals surface area contributed by atoms with Gasteiger partial charge in [0.1, 0.15) is 0 Å². The van der Waals surface area contributed by atoms with Crippen LogP contribution in [-0.4, -0.2) is 0 Å². The molecule has 0 heteroatoms. The van der Waals surface area contributed by atoms with Crippen molar-refractivity contribution in [2.24, 2.45) is 0 Å². The lowest BCUT2D eigenvalue weighted by Crippen LogP contribution is -1.80. The molecule has 0 N–H and O–H groups in total. The lowest BCUT2D eigenvalue weighted by molar-refractivity contribution is 1.47. The first kappa shape index (κ1) is 10.1. The van der Waals surface area contributed by atoms with E-state index in [9.17, 15) is 0 Å². The minimum Gasteiger partial charge on any atom is -0.0911 e. The first-order valence-corrected chi connectivity index (χ1v) is 5.82. The number of benzene rings is 2. The van der Waals surface area contributed by atoms with Crippen LogP contribution in [0.1, 0.15) is 11.1 Å². The fourth-order valence-electron chi connectivity index (χ4n) is 2.00. The molecule has 2 aromatic carbocycles. The monoisotopic (exact) mass is 218 g/mol. The van der Waals surface area contributed by atoms with E-state index >= 15 is 0 Å². The second kappa shape index (κ2) is 3.74. The summed E-state index contributed by atoms with van der Waals surface area (Å²) < 4.78 is 0. The van der Waals surface area contributed by atoms with Gasteiger partial charge in [0, 0.05) is 0 Å². The summed E-state index contributed by atoms with van der Waals surface area (Å²) in [5, 5.41) is 0. The molecule has 0 fully saturated rings. The smallest absolute Gasteiger partial charge is 0.0111 e. The number of aryl methyl sites for hydroxylation is 1. The van der Waals surface area contributed by atoms with Gasteiger partial charge in [-0.25, -0.2) is 0 Å². The highest BCUT2D eigenvalue weighted by molar-refractivity contribution is 5.96. The average molecular weight is 218 g/mol. The Balaban J connectivity index is 1.91. The molecule has 1 aliphatic rings. The summed E-state index contributed by atoms with van der Waals surface area (Å²) in [7, 11) is 0. The molecule has 0 saturated carbocycles. The molecule has 0 aromatic heterocycles. The minimum absolute atomic E-state index is 1.16. The Morgan fingerprint density at radius 1 is 0.706 bits per heavy atom. The molecule has 82 valence electrons. The Bertz CT molecular complexity index is 595. The molecule has 0 aliphatic heterocycles. The average Bonchev–Trinajstić information content (AvgIpc) is 3.08. The van der Waals surface area contributed by atoms with Crippen LogP contribution in [0.2, 0.25) is 0 Å². The van der Waals surface area contributed by atoms with Crippen LogP contribution in [0.5, 0.6) is 0 Å². The van der Waals surface area contributed by atoms with Gasteiger partial charge in [0.25, 0.3) is 0 Å². The third kappa shape index (κ3) is 1.94. The van der Waals surface area contributed by atoms with E-state index in [4.69, 9.17) is 0 Å².